The fraction of sp³-hybridized carbons (Fsp3) is 0.556. The van der Waals surface area contributed by atoms with E-state index >= 15 is 0 Å². The van der Waals surface area contributed by atoms with Crippen LogP contribution in [0.2, 0.25) is 0 Å². The molecule has 3 N–H and O–H groups in total. The summed E-state index contributed by atoms with van der Waals surface area (Å²) in [5, 5.41) is 16.5. The Bertz CT molecular complexity index is 662. The van der Waals surface area contributed by atoms with Gasteiger partial charge >= 0.3 is 0 Å². The second kappa shape index (κ2) is 9.56. The molecule has 0 bridgehead atoms. The molecule has 136 valence electrons. The van der Waals surface area contributed by atoms with Gasteiger partial charge in [-0.05, 0) is 18.9 Å². The van der Waals surface area contributed by atoms with Gasteiger partial charge in [0.15, 0.2) is 0 Å². The lowest BCUT2D eigenvalue weighted by Gasteiger charge is -2.21. The number of aliphatic hydroxyl groups is 1. The fourth-order valence-electron chi connectivity index (χ4n) is 3.02. The Morgan fingerprint density at radius 3 is 2.96 bits per heavy atom. The molecule has 0 unspecified atom stereocenters. The molecule has 6 nitrogen and oxygen atoms in total. The number of carbonyl (C=O) groups excluding carboxylic acids is 2. The zero-order valence-electron chi connectivity index (χ0n) is 14.7. The third-order valence-electron chi connectivity index (χ3n) is 4.12. The van der Waals surface area contributed by atoms with Crippen molar-refractivity contribution in [3.8, 4) is 11.8 Å². The number of nitrogens with zero attached hydrogens (tertiary/aromatic N) is 1. The van der Waals surface area contributed by atoms with Crippen molar-refractivity contribution in [3.63, 3.8) is 0 Å². The molecule has 0 radical (unpaired) electrons. The van der Waals surface area contributed by atoms with Gasteiger partial charge in [-0.3, -0.25) is 14.5 Å². The zero-order valence-corrected chi connectivity index (χ0v) is 15.5. The quantitative estimate of drug-likeness (QED) is 0.650. The first-order valence-electron chi connectivity index (χ1n) is 8.49. The van der Waals surface area contributed by atoms with Gasteiger partial charge in [0.25, 0.3) is 0 Å². The molecule has 2 rings (SSSR count). The predicted molar refractivity (Wildman–Crippen MR) is 98.0 cm³/mol. The van der Waals surface area contributed by atoms with Crippen molar-refractivity contribution in [2.75, 3.05) is 20.2 Å². The van der Waals surface area contributed by atoms with E-state index in [1.54, 1.807) is 18.4 Å². The molecule has 0 spiro atoms. The molecule has 0 aromatic carbocycles. The summed E-state index contributed by atoms with van der Waals surface area (Å²) in [4.78, 5) is 27.3. The fourth-order valence-corrected chi connectivity index (χ4v) is 3.86. The number of hydrogen-bond acceptors (Lipinski definition) is 5. The summed E-state index contributed by atoms with van der Waals surface area (Å²) in [6, 6.07) is 1.73. The number of hydrogen-bond donors (Lipinski definition) is 3. The molecule has 7 heteroatoms. The third-order valence-corrected chi connectivity index (χ3v) is 5.04. The molecule has 1 aliphatic rings. The minimum absolute atomic E-state index is 0.00466. The number of nitrogens with one attached hydrogen (secondary N) is 2. The first-order chi connectivity index (χ1) is 12.1. The van der Waals surface area contributed by atoms with Gasteiger partial charge in [0.1, 0.15) is 6.61 Å². The first-order valence-corrected chi connectivity index (χ1v) is 9.37. The average molecular weight is 363 g/mol. The molecular formula is C18H25N3O3S. The van der Waals surface area contributed by atoms with E-state index in [0.29, 0.717) is 25.9 Å². The van der Waals surface area contributed by atoms with E-state index in [4.69, 9.17) is 5.11 Å². The van der Waals surface area contributed by atoms with Crippen LogP contribution in [0.15, 0.2) is 11.4 Å². The number of thiophene rings is 1. The summed E-state index contributed by atoms with van der Waals surface area (Å²) in [5.74, 6) is 5.54. The van der Waals surface area contributed by atoms with E-state index in [9.17, 15) is 9.59 Å². The molecule has 0 aliphatic carbocycles. The summed E-state index contributed by atoms with van der Waals surface area (Å²) < 4.78 is 0. The van der Waals surface area contributed by atoms with Crippen LogP contribution in [0.1, 0.15) is 36.6 Å². The van der Waals surface area contributed by atoms with Gasteiger partial charge in [-0.2, -0.15) is 0 Å². The standard InChI is InChI=1S/C18H25N3O3S/c1-3-5-17(23)20-14-9-16(18(24)19-2)21(10-14)11-15-8-13(12-25-15)6-4-7-22/h8,12,14,16,22H,3,5,7,9-11H2,1-2H3,(H,19,24)(H,20,23)/t14-,16+/m1/s1. The summed E-state index contributed by atoms with van der Waals surface area (Å²) in [7, 11) is 1.64. The minimum Gasteiger partial charge on any atom is -0.384 e. The number of likely N-dealkylation sites (tertiary alicyclic amines) is 1. The molecule has 1 aromatic rings. The SMILES string of the molecule is CCCC(=O)N[C@@H]1C[C@@H](C(=O)NC)N(Cc2cc(C#CCO)cs2)C1. The minimum atomic E-state index is -0.244. The number of likely N-dealkylation sites (N-methyl/N-ethyl adjacent to an activating group) is 1. The molecule has 1 fully saturated rings. The maximum absolute atomic E-state index is 12.2. The lowest BCUT2D eigenvalue weighted by molar-refractivity contribution is -0.125. The average Bonchev–Trinajstić information content (AvgIpc) is 3.19. The predicted octanol–water partition coefficient (Wildman–Crippen LogP) is 0.697. The molecule has 1 saturated heterocycles. The van der Waals surface area contributed by atoms with Crippen LogP contribution in [-0.4, -0.2) is 54.1 Å². The largest absolute Gasteiger partial charge is 0.384 e. The van der Waals surface area contributed by atoms with Crippen LogP contribution in [0, 0.1) is 11.8 Å². The number of carbonyl (C=O) groups is 2. The van der Waals surface area contributed by atoms with Crippen molar-refractivity contribution < 1.29 is 14.7 Å². The van der Waals surface area contributed by atoms with Crippen molar-refractivity contribution in [1.29, 1.82) is 0 Å². The first kappa shape index (κ1) is 19.4. The van der Waals surface area contributed by atoms with E-state index in [1.165, 1.54) is 0 Å². The summed E-state index contributed by atoms with van der Waals surface area (Å²) >= 11 is 1.59. The van der Waals surface area contributed by atoms with Crippen molar-refractivity contribution >= 4 is 23.2 Å². The van der Waals surface area contributed by atoms with Crippen LogP contribution in [-0.2, 0) is 16.1 Å². The molecule has 1 aromatic heterocycles. The topological polar surface area (TPSA) is 81.7 Å². The second-order valence-corrected chi connectivity index (χ2v) is 7.07. The Balaban J connectivity index is 2.03. The highest BCUT2D eigenvalue weighted by atomic mass is 32.1. The Morgan fingerprint density at radius 1 is 1.48 bits per heavy atom. The number of rotatable bonds is 6. The van der Waals surface area contributed by atoms with Gasteiger partial charge < -0.3 is 15.7 Å². The molecule has 2 heterocycles. The van der Waals surface area contributed by atoms with Crippen LogP contribution >= 0.6 is 11.3 Å². The Kier molecular flexibility index (Phi) is 7.44. The monoisotopic (exact) mass is 363 g/mol. The highest BCUT2D eigenvalue weighted by Crippen LogP contribution is 2.24. The summed E-state index contributed by atoms with van der Waals surface area (Å²) in [6.07, 6.45) is 1.95. The van der Waals surface area contributed by atoms with E-state index in [0.717, 1.165) is 16.9 Å². The summed E-state index contributed by atoms with van der Waals surface area (Å²) in [6.45, 7) is 3.11. The Labute approximate surface area is 152 Å². The molecular weight excluding hydrogens is 338 g/mol. The Hall–Kier alpha value is -1.88. The van der Waals surface area contributed by atoms with Crippen LogP contribution in [0.25, 0.3) is 0 Å². The van der Waals surface area contributed by atoms with Gasteiger partial charge in [0.05, 0.1) is 6.04 Å². The van der Waals surface area contributed by atoms with E-state index < -0.39 is 0 Å². The van der Waals surface area contributed by atoms with Crippen LogP contribution in [0.3, 0.4) is 0 Å². The zero-order chi connectivity index (χ0) is 18.2. The van der Waals surface area contributed by atoms with Gasteiger partial charge in [0.2, 0.25) is 11.8 Å². The van der Waals surface area contributed by atoms with Gasteiger partial charge in [-0.1, -0.05) is 18.8 Å². The van der Waals surface area contributed by atoms with Crippen LogP contribution in [0.4, 0.5) is 0 Å². The normalized spacial score (nSPS) is 20.0. The number of amides is 2. The van der Waals surface area contributed by atoms with Crippen LogP contribution < -0.4 is 10.6 Å². The molecule has 25 heavy (non-hydrogen) atoms. The van der Waals surface area contributed by atoms with Gasteiger partial charge in [-0.15, -0.1) is 11.3 Å². The Morgan fingerprint density at radius 2 is 2.28 bits per heavy atom. The smallest absolute Gasteiger partial charge is 0.237 e. The lowest BCUT2D eigenvalue weighted by Crippen LogP contribution is -2.41. The molecule has 1 aliphatic heterocycles. The lowest BCUT2D eigenvalue weighted by atomic mass is 10.1. The molecule has 2 atom stereocenters. The highest BCUT2D eigenvalue weighted by Gasteiger charge is 2.37. The van der Waals surface area contributed by atoms with Gasteiger partial charge in [0, 0.05) is 48.4 Å². The van der Waals surface area contributed by atoms with Crippen molar-refractivity contribution in [1.82, 2.24) is 15.5 Å². The highest BCUT2D eigenvalue weighted by molar-refractivity contribution is 7.10. The molecule has 0 saturated carbocycles. The van der Waals surface area contributed by atoms with Crippen molar-refractivity contribution in [2.45, 2.75) is 44.8 Å². The maximum Gasteiger partial charge on any atom is 0.237 e. The second-order valence-electron chi connectivity index (χ2n) is 6.07. The van der Waals surface area contributed by atoms with Crippen molar-refractivity contribution in [2.24, 2.45) is 0 Å². The number of aliphatic hydroxyl groups excluding tert-OH is 1. The molecule has 2 amide bonds. The van der Waals surface area contributed by atoms with Crippen molar-refractivity contribution in [3.05, 3.63) is 21.9 Å². The maximum atomic E-state index is 12.2. The van der Waals surface area contributed by atoms with E-state index in [-0.39, 0.29) is 30.5 Å². The third kappa shape index (κ3) is 5.56. The van der Waals surface area contributed by atoms with Crippen LogP contribution in [0.5, 0.6) is 0 Å². The van der Waals surface area contributed by atoms with E-state index in [2.05, 4.69) is 27.4 Å². The summed E-state index contributed by atoms with van der Waals surface area (Å²) in [5.41, 5.74) is 0.873. The van der Waals surface area contributed by atoms with E-state index in [1.807, 2.05) is 18.4 Å². The van der Waals surface area contributed by atoms with Gasteiger partial charge in [-0.25, -0.2) is 0 Å².